The molecule has 0 saturated carbocycles. The van der Waals surface area contributed by atoms with Crippen molar-refractivity contribution in [3.63, 3.8) is 0 Å². The van der Waals surface area contributed by atoms with Crippen molar-refractivity contribution in [3.8, 4) is 5.75 Å². The summed E-state index contributed by atoms with van der Waals surface area (Å²) < 4.78 is 5.54. The summed E-state index contributed by atoms with van der Waals surface area (Å²) in [7, 11) is 0. The van der Waals surface area contributed by atoms with Gasteiger partial charge in [-0.25, -0.2) is 4.98 Å². The van der Waals surface area contributed by atoms with Gasteiger partial charge < -0.3 is 4.74 Å². The Balaban J connectivity index is 1.57. The zero-order valence-electron chi connectivity index (χ0n) is 12.3. The zero-order chi connectivity index (χ0) is 14.7. The average Bonchev–Trinajstić information content (AvgIpc) is 3.11. The topological polar surface area (TPSA) is 60.2 Å². The van der Waals surface area contributed by atoms with Crippen LogP contribution in [-0.2, 0) is 19.3 Å². The van der Waals surface area contributed by atoms with Crippen molar-refractivity contribution in [2.24, 2.45) is 5.84 Å². The number of ether oxygens (including phenoxy) is 1. The van der Waals surface area contributed by atoms with E-state index in [0.29, 0.717) is 0 Å². The maximum absolute atomic E-state index is 5.69. The summed E-state index contributed by atoms with van der Waals surface area (Å²) in [6.07, 6.45) is 3.94. The Labute approximate surface area is 129 Å². The third-order valence-electron chi connectivity index (χ3n) is 3.89. The molecule has 4 nitrogen and oxygen atoms in total. The van der Waals surface area contributed by atoms with Gasteiger partial charge in [0.05, 0.1) is 17.3 Å². The van der Waals surface area contributed by atoms with Crippen LogP contribution in [0.1, 0.15) is 28.2 Å². The number of hydrazine groups is 1. The van der Waals surface area contributed by atoms with Gasteiger partial charge in [-0.15, -0.1) is 11.3 Å². The lowest BCUT2D eigenvalue weighted by molar-refractivity contribution is 0.357. The molecule has 5 heteroatoms. The van der Waals surface area contributed by atoms with Crippen molar-refractivity contribution in [2.45, 2.75) is 38.6 Å². The number of nitrogens with zero attached hydrogens (tertiary/aromatic N) is 1. The number of nitrogens with two attached hydrogens (primary N) is 1. The fourth-order valence-electron chi connectivity index (χ4n) is 2.74. The molecule has 1 aromatic heterocycles. The smallest absolute Gasteiger partial charge is 0.122 e. The molecule has 2 heterocycles. The van der Waals surface area contributed by atoms with E-state index in [1.807, 2.05) is 6.92 Å². The molecule has 0 saturated heterocycles. The van der Waals surface area contributed by atoms with Gasteiger partial charge in [0.1, 0.15) is 5.75 Å². The summed E-state index contributed by atoms with van der Waals surface area (Å²) >= 11 is 1.69. The highest BCUT2D eigenvalue weighted by atomic mass is 32.1. The lowest BCUT2D eigenvalue weighted by atomic mass is 10.0. The molecule has 0 amide bonds. The van der Waals surface area contributed by atoms with Gasteiger partial charge in [-0.05, 0) is 37.0 Å². The molecule has 0 aliphatic carbocycles. The second-order valence-corrected chi connectivity index (χ2v) is 6.57. The molecule has 0 spiro atoms. The summed E-state index contributed by atoms with van der Waals surface area (Å²) in [6, 6.07) is 6.77. The molecule has 2 aromatic rings. The van der Waals surface area contributed by atoms with Crippen LogP contribution in [-0.4, -0.2) is 17.6 Å². The standard InChI is InChI=1S/C16H21N3OS/c1-11-18-15(10-21-11)9-14(19-17)4-2-12-3-5-16-13(8-12)6-7-20-16/h3,5,8,10,14,19H,2,4,6-7,9,17H2,1H3. The van der Waals surface area contributed by atoms with Crippen molar-refractivity contribution in [1.82, 2.24) is 10.4 Å². The Morgan fingerprint density at radius 2 is 2.38 bits per heavy atom. The van der Waals surface area contributed by atoms with Crippen LogP contribution in [0, 0.1) is 6.92 Å². The van der Waals surface area contributed by atoms with Crippen molar-refractivity contribution in [1.29, 1.82) is 0 Å². The van der Waals surface area contributed by atoms with Crippen molar-refractivity contribution in [2.75, 3.05) is 6.61 Å². The predicted octanol–water partition coefficient (Wildman–Crippen LogP) is 2.39. The largest absolute Gasteiger partial charge is 0.493 e. The van der Waals surface area contributed by atoms with E-state index in [1.54, 1.807) is 11.3 Å². The Kier molecular flexibility index (Phi) is 4.53. The Hall–Kier alpha value is -1.43. The van der Waals surface area contributed by atoms with Gasteiger partial charge in [-0.1, -0.05) is 12.1 Å². The Morgan fingerprint density at radius 3 is 3.14 bits per heavy atom. The lowest BCUT2D eigenvalue weighted by Crippen LogP contribution is -2.37. The molecule has 21 heavy (non-hydrogen) atoms. The summed E-state index contributed by atoms with van der Waals surface area (Å²) in [5.41, 5.74) is 6.74. The maximum Gasteiger partial charge on any atom is 0.122 e. The predicted molar refractivity (Wildman–Crippen MR) is 85.6 cm³/mol. The molecular weight excluding hydrogens is 282 g/mol. The third-order valence-corrected chi connectivity index (χ3v) is 4.72. The van der Waals surface area contributed by atoms with Crippen LogP contribution < -0.4 is 16.0 Å². The van der Waals surface area contributed by atoms with Gasteiger partial charge in [0.2, 0.25) is 0 Å². The first kappa shape index (κ1) is 14.5. The van der Waals surface area contributed by atoms with Crippen LogP contribution in [0.3, 0.4) is 0 Å². The van der Waals surface area contributed by atoms with E-state index < -0.39 is 0 Å². The van der Waals surface area contributed by atoms with Gasteiger partial charge in [-0.3, -0.25) is 11.3 Å². The molecule has 0 radical (unpaired) electrons. The molecule has 1 unspecified atom stereocenters. The molecule has 1 atom stereocenters. The fourth-order valence-corrected chi connectivity index (χ4v) is 3.36. The van der Waals surface area contributed by atoms with Crippen molar-refractivity contribution in [3.05, 3.63) is 45.4 Å². The van der Waals surface area contributed by atoms with E-state index in [0.717, 1.165) is 48.7 Å². The molecule has 1 aliphatic rings. The number of hydrogen-bond acceptors (Lipinski definition) is 5. The molecule has 0 bridgehead atoms. The first-order chi connectivity index (χ1) is 10.2. The highest BCUT2D eigenvalue weighted by Gasteiger charge is 2.14. The highest BCUT2D eigenvalue weighted by Crippen LogP contribution is 2.26. The van der Waals surface area contributed by atoms with E-state index >= 15 is 0 Å². The van der Waals surface area contributed by atoms with Gasteiger partial charge in [0.25, 0.3) is 0 Å². The van der Waals surface area contributed by atoms with E-state index in [1.165, 1.54) is 11.1 Å². The monoisotopic (exact) mass is 303 g/mol. The minimum Gasteiger partial charge on any atom is -0.493 e. The number of rotatable bonds is 6. The molecule has 1 aromatic carbocycles. The quantitative estimate of drug-likeness (QED) is 0.635. The van der Waals surface area contributed by atoms with Crippen LogP contribution >= 0.6 is 11.3 Å². The van der Waals surface area contributed by atoms with E-state index in [9.17, 15) is 0 Å². The van der Waals surface area contributed by atoms with Crippen molar-refractivity contribution >= 4 is 11.3 Å². The van der Waals surface area contributed by atoms with Crippen LogP contribution in [0.2, 0.25) is 0 Å². The van der Waals surface area contributed by atoms with E-state index in [-0.39, 0.29) is 6.04 Å². The number of fused-ring (bicyclic) bond motifs is 1. The molecule has 112 valence electrons. The second kappa shape index (κ2) is 6.56. The lowest BCUT2D eigenvalue weighted by Gasteiger charge is -2.14. The molecule has 1 aliphatic heterocycles. The Morgan fingerprint density at radius 1 is 1.48 bits per heavy atom. The number of nitrogens with one attached hydrogen (secondary N) is 1. The SMILES string of the molecule is Cc1nc(CC(CCc2ccc3c(c2)CCO3)NN)cs1. The van der Waals surface area contributed by atoms with Gasteiger partial charge in [0.15, 0.2) is 0 Å². The second-order valence-electron chi connectivity index (χ2n) is 5.50. The molecule has 0 fully saturated rings. The van der Waals surface area contributed by atoms with E-state index in [2.05, 4.69) is 34.0 Å². The number of benzene rings is 1. The summed E-state index contributed by atoms with van der Waals surface area (Å²) in [6.45, 7) is 2.85. The number of aromatic nitrogens is 1. The zero-order valence-corrected chi connectivity index (χ0v) is 13.1. The molecule has 3 rings (SSSR count). The van der Waals surface area contributed by atoms with E-state index in [4.69, 9.17) is 10.6 Å². The molecule has 3 N–H and O–H groups in total. The number of aryl methyl sites for hydroxylation is 2. The minimum absolute atomic E-state index is 0.260. The summed E-state index contributed by atoms with van der Waals surface area (Å²) in [5.74, 6) is 6.73. The normalized spacial score (nSPS) is 14.8. The van der Waals surface area contributed by atoms with Crippen LogP contribution in [0.25, 0.3) is 0 Å². The van der Waals surface area contributed by atoms with Crippen LogP contribution in [0.5, 0.6) is 5.75 Å². The molecular formula is C16H21N3OS. The summed E-state index contributed by atoms with van der Waals surface area (Å²) in [5, 5.41) is 3.23. The summed E-state index contributed by atoms with van der Waals surface area (Å²) in [4.78, 5) is 4.51. The van der Waals surface area contributed by atoms with Crippen LogP contribution in [0.15, 0.2) is 23.6 Å². The van der Waals surface area contributed by atoms with Crippen LogP contribution in [0.4, 0.5) is 0 Å². The van der Waals surface area contributed by atoms with Gasteiger partial charge >= 0.3 is 0 Å². The fraction of sp³-hybridized carbons (Fsp3) is 0.438. The minimum atomic E-state index is 0.260. The number of thiazole rings is 1. The first-order valence-electron chi connectivity index (χ1n) is 7.36. The van der Waals surface area contributed by atoms with Gasteiger partial charge in [-0.2, -0.15) is 0 Å². The highest BCUT2D eigenvalue weighted by molar-refractivity contribution is 7.09. The Bertz CT molecular complexity index is 611. The maximum atomic E-state index is 5.69. The average molecular weight is 303 g/mol. The van der Waals surface area contributed by atoms with Crippen molar-refractivity contribution < 1.29 is 4.74 Å². The first-order valence-corrected chi connectivity index (χ1v) is 8.24. The third kappa shape index (κ3) is 3.61. The number of hydrogen-bond donors (Lipinski definition) is 2. The van der Waals surface area contributed by atoms with Gasteiger partial charge in [0, 0.05) is 24.3 Å².